The molecule has 4 nitrogen and oxygen atoms in total. The van der Waals surface area contributed by atoms with Gasteiger partial charge < -0.3 is 17.7 Å². The molecule has 4 heterocycles. The van der Waals surface area contributed by atoms with Crippen LogP contribution in [0.15, 0.2) is 502 Å². The van der Waals surface area contributed by atoms with Crippen molar-refractivity contribution in [3.8, 4) is 89.0 Å². The molecule has 132 heavy (non-hydrogen) atoms. The Labute approximate surface area is 821 Å². The van der Waals surface area contributed by atoms with Crippen LogP contribution < -0.4 is 0 Å². The molecule has 0 aliphatic heterocycles. The zero-order chi connectivity index (χ0) is 125. The second kappa shape index (κ2) is 32.5. The molecule has 0 spiro atoms. The lowest BCUT2D eigenvalue weighted by Crippen LogP contribution is -1.90. The van der Waals surface area contributed by atoms with Crippen molar-refractivity contribution in [2.24, 2.45) is 0 Å². The number of hydrogen-bond acceptors (Lipinski definition) is 4. The van der Waals surface area contributed by atoms with Crippen molar-refractivity contribution in [3.63, 3.8) is 0 Å². The number of hydrogen-bond donors (Lipinski definition) is 0. The summed E-state index contributed by atoms with van der Waals surface area (Å²) in [5.41, 5.74) is 7.57. The van der Waals surface area contributed by atoms with Gasteiger partial charge in [0.05, 0.1) is 58.9 Å². The molecule has 0 aliphatic carbocycles. The first-order chi connectivity index (χ1) is 83.4. The van der Waals surface area contributed by atoms with Gasteiger partial charge in [-0.25, -0.2) is 0 Å². The van der Waals surface area contributed by atoms with Gasteiger partial charge in [0.1, 0.15) is 44.7 Å². The summed E-state index contributed by atoms with van der Waals surface area (Å²) in [4.78, 5) is 0. The van der Waals surface area contributed by atoms with Crippen molar-refractivity contribution < 1.29 is 76.6 Å². The lowest BCUT2D eigenvalue weighted by atomic mass is 9.86. The van der Waals surface area contributed by atoms with Crippen molar-refractivity contribution in [2.75, 3.05) is 0 Å². The maximum atomic E-state index is 9.07. The van der Waals surface area contributed by atoms with E-state index in [-0.39, 0.29) is 163 Å². The molecule has 0 amide bonds. The van der Waals surface area contributed by atoms with Crippen LogP contribution in [-0.4, -0.2) is 0 Å². The Morgan fingerprint density at radius 2 is 0.303 bits per heavy atom. The Morgan fingerprint density at radius 1 is 0.114 bits per heavy atom. The van der Waals surface area contributed by atoms with E-state index in [9.17, 15) is 0 Å². The predicted octanol–water partition coefficient (Wildman–Crippen LogP) is 36.9. The van der Waals surface area contributed by atoms with Crippen molar-refractivity contribution in [1.82, 2.24) is 0 Å². The minimum atomic E-state index is -0.769. The fourth-order valence-electron chi connectivity index (χ4n) is 18.3. The molecule has 4 aromatic heterocycles. The number of furan rings is 4. The van der Waals surface area contributed by atoms with E-state index in [1.807, 2.05) is 127 Å². The average molecular weight is 1730 g/mol. The average Bonchev–Trinajstić information content (AvgIpc) is 1.31. The number of rotatable bonds is 8. The van der Waals surface area contributed by atoms with Crippen LogP contribution in [0.3, 0.4) is 0 Å². The van der Waals surface area contributed by atoms with E-state index in [2.05, 4.69) is 18.2 Å². The van der Waals surface area contributed by atoms with Gasteiger partial charge in [0.2, 0.25) is 0 Å². The summed E-state index contributed by atoms with van der Waals surface area (Å²) < 4.78 is 395. The van der Waals surface area contributed by atoms with Gasteiger partial charge in [-0.2, -0.15) is 0 Å². The normalized spacial score (nSPS) is 16.2. The topological polar surface area (TPSA) is 52.6 Å². The molecular weight excluding hydrogens is 1600 g/mol. The van der Waals surface area contributed by atoms with Gasteiger partial charge in [-0.15, -0.1) is 0 Å². The fraction of sp³-hybridized carbons (Fsp3) is 0. The van der Waals surface area contributed by atoms with Gasteiger partial charge in [-0.05, 0) is 248 Å². The molecule has 0 fully saturated rings. The quantitative estimate of drug-likeness (QED) is 0.142. The summed E-state index contributed by atoms with van der Waals surface area (Å²) in [6.07, 6.45) is 0. The number of fused-ring (bicyclic) bond motifs is 20. The number of benzene rings is 24. The van der Waals surface area contributed by atoms with Crippen LogP contribution in [0.25, 0.3) is 263 Å². The number of para-hydroxylation sites is 4. The third-order valence-electron chi connectivity index (χ3n) is 23.8. The van der Waals surface area contributed by atoms with Crippen LogP contribution in [-0.2, 0) is 0 Å². The van der Waals surface area contributed by atoms with Crippen molar-refractivity contribution in [1.29, 1.82) is 0 Å². The molecule has 616 valence electrons. The summed E-state index contributed by atoms with van der Waals surface area (Å²) in [7, 11) is 0. The Bertz CT molecular complexity index is 11900. The molecule has 0 atom stereocenters. The largest absolute Gasteiger partial charge is 0.456 e. The summed E-state index contributed by atoms with van der Waals surface area (Å²) in [6, 6.07) is 44.8. The second-order valence-electron chi connectivity index (χ2n) is 30.9. The molecule has 28 rings (SSSR count). The third-order valence-corrected chi connectivity index (χ3v) is 23.8. The van der Waals surface area contributed by atoms with Gasteiger partial charge in [-0.3, -0.25) is 0 Å². The highest BCUT2D eigenvalue weighted by atomic mass is 16.3. The van der Waals surface area contributed by atoms with Crippen LogP contribution in [0.5, 0.6) is 0 Å². The summed E-state index contributed by atoms with van der Waals surface area (Å²) in [5, 5.41) is 7.67. The highest BCUT2D eigenvalue weighted by molar-refractivity contribution is 6.27. The fourth-order valence-corrected chi connectivity index (χ4v) is 18.3. The van der Waals surface area contributed by atoms with Gasteiger partial charge in [0, 0.05) is 43.1 Å². The highest BCUT2D eigenvalue weighted by Crippen LogP contribution is 2.51. The molecule has 0 aliphatic rings. The van der Waals surface area contributed by atoms with E-state index in [1.54, 1.807) is 60.7 Å². The van der Waals surface area contributed by atoms with Gasteiger partial charge in [0.25, 0.3) is 0 Å². The Kier molecular flexibility index (Phi) is 11.0. The molecule has 24 aromatic carbocycles. The maximum absolute atomic E-state index is 9.07. The minimum absolute atomic E-state index is 0.0148. The molecule has 0 radical (unpaired) electrons. The van der Waals surface area contributed by atoms with Gasteiger partial charge >= 0.3 is 0 Å². The molecule has 0 saturated carbocycles. The Balaban J connectivity index is 0.000000117. The van der Waals surface area contributed by atoms with E-state index in [0.717, 1.165) is 70.8 Å². The van der Waals surface area contributed by atoms with E-state index >= 15 is 0 Å². The summed E-state index contributed by atoms with van der Waals surface area (Å²) >= 11 is 0. The van der Waals surface area contributed by atoms with Gasteiger partial charge in [-0.1, -0.05) is 412 Å². The van der Waals surface area contributed by atoms with Crippen molar-refractivity contribution >= 4 is 174 Å². The monoisotopic (exact) mass is 1720 g/mol. The van der Waals surface area contributed by atoms with Crippen LogP contribution in [0, 0.1) is 0 Å². The first-order valence-electron chi connectivity index (χ1n) is 63.1. The van der Waals surface area contributed by atoms with E-state index in [1.165, 1.54) is 18.2 Å². The van der Waals surface area contributed by atoms with Crippen molar-refractivity contribution in [3.05, 3.63) is 484 Å². The molecule has 4 heteroatoms. The second-order valence-corrected chi connectivity index (χ2v) is 30.9. The van der Waals surface area contributed by atoms with E-state index in [0.29, 0.717) is 61.1 Å². The summed E-state index contributed by atoms with van der Waals surface area (Å²) in [6.45, 7) is 0. The van der Waals surface area contributed by atoms with Crippen LogP contribution in [0.2, 0.25) is 0 Å². The zero-order valence-corrected chi connectivity index (χ0v) is 68.5. The molecular formula is C128H80O4. The smallest absolute Gasteiger partial charge is 0.135 e. The van der Waals surface area contributed by atoms with Crippen LogP contribution in [0.4, 0.5) is 0 Å². The minimum Gasteiger partial charge on any atom is -0.456 e. The molecule has 28 aromatic rings. The van der Waals surface area contributed by atoms with Crippen LogP contribution in [0.1, 0.15) is 58.9 Å². The molecule has 0 bridgehead atoms. The van der Waals surface area contributed by atoms with Crippen LogP contribution >= 0.6 is 0 Å². The zero-order valence-electron chi connectivity index (χ0n) is 111. The van der Waals surface area contributed by atoms with Gasteiger partial charge in [0.15, 0.2) is 0 Å². The predicted molar refractivity (Wildman–Crippen MR) is 558 cm³/mol. The third kappa shape index (κ3) is 13.1. The summed E-state index contributed by atoms with van der Waals surface area (Å²) in [5.74, 6) is 0. The van der Waals surface area contributed by atoms with Crippen molar-refractivity contribution in [2.45, 2.75) is 0 Å². The Morgan fingerprint density at radius 3 is 0.591 bits per heavy atom. The standard InChI is InChI=1S/4C32H20O/c4*1-2-10-21(11-3-1)31-24-13-4-6-15-26(24)32(27-16-7-5-14-25(27)31)22-18-19-30-28(20-22)23-12-8-9-17-29(23)33-30/h4*1-20H/i1D,2D,3D,4D,5D,6D,7D,8D,9D,10D,11D,12D,13D,14D,15D,16D,17D;1D,2D,3D,4D,5D,6D,7D,10D,11D,13D,14D,15D,16D;4D,5D,6D,7D,13D,14D,15D,16D;1D,2D,3D,10D,11D. The lowest BCUT2D eigenvalue weighted by molar-refractivity contribution is 0.668. The Hall–Kier alpha value is -17.4. The molecule has 0 N–H and O–H groups in total. The molecule has 0 unspecified atom stereocenters. The lowest BCUT2D eigenvalue weighted by Gasteiger charge is -2.17. The highest BCUT2D eigenvalue weighted by Gasteiger charge is 2.25. The van der Waals surface area contributed by atoms with E-state index < -0.39 is 228 Å². The maximum Gasteiger partial charge on any atom is 0.135 e. The SMILES string of the molecule is [2H]c1c([2H])c([2H])c(-c2c3c([2H])c([2H])c([2H])c([2H])c3c(-c3ccc4oc5c([2H])c([2H])c([2H])c([2H])c5c4c3)c3c([2H])c([2H])c([2H])c([2H])c23)c([2H])c1[2H].[2H]c1c([2H])c([2H])c(-c2c3c([2H])c([2H])c([2H])c([2H])c3c(-c3ccc4oc5ccccc5c4c3)c3c([2H])c([2H])c([2H])c([2H])c23)c([2H])c1[2H].[2H]c1c([2H])c([2H])c(-c2c3ccccc3c(-c3ccc4oc5ccccc5c4c3)c3ccccc23)c([2H])c1[2H].[2H]c1c([2H])c([2H])c2c(-c3ccc4oc5ccccc5c4c3)c3c([2H])c([2H])c([2H])c([2H])c3c(-c3ccccc3)c2c1[2H]. The van der Waals surface area contributed by atoms with E-state index in [4.69, 9.17) is 76.6 Å². The first kappa shape index (κ1) is 44.8. The first-order valence-corrected chi connectivity index (χ1v) is 41.6. The molecule has 0 saturated heterocycles.